The number of nitrogens with one attached hydrogen (secondary N) is 1. The Balaban J connectivity index is 1.99. The second-order valence-corrected chi connectivity index (χ2v) is 6.88. The largest absolute Gasteiger partial charge is 0.301 e. The van der Waals surface area contributed by atoms with E-state index in [1.54, 1.807) is 23.9 Å². The summed E-state index contributed by atoms with van der Waals surface area (Å²) in [6.07, 6.45) is 1.09. The maximum Gasteiger partial charge on any atom is 0.269 e. The zero-order chi connectivity index (χ0) is 16.7. The molecule has 1 heterocycles. The Labute approximate surface area is 142 Å². The van der Waals surface area contributed by atoms with Crippen LogP contribution in [-0.4, -0.2) is 20.6 Å². The molecule has 0 amide bonds. The van der Waals surface area contributed by atoms with Gasteiger partial charge in [-0.2, -0.15) is 11.8 Å². The lowest BCUT2D eigenvalue weighted by Crippen LogP contribution is -2.09. The monoisotopic (exact) mass is 351 g/mol. The van der Waals surface area contributed by atoms with Crippen molar-refractivity contribution in [3.05, 3.63) is 62.1 Å². The molecule has 1 N–H and O–H groups in total. The molecule has 0 spiro atoms. The summed E-state index contributed by atoms with van der Waals surface area (Å²) < 4.78 is 0. The molecule has 1 aromatic heterocycles. The number of hydrogen-bond acceptors (Lipinski definition) is 6. The fourth-order valence-corrected chi connectivity index (χ4v) is 3.45. The summed E-state index contributed by atoms with van der Waals surface area (Å²) in [7, 11) is 0. The quantitative estimate of drug-likeness (QED) is 0.257. The Bertz CT molecular complexity index is 717. The Hall–Kier alpha value is -1.80. The van der Waals surface area contributed by atoms with Crippen molar-refractivity contribution >= 4 is 29.2 Å². The average molecular weight is 351 g/mol. The lowest BCUT2D eigenvalue weighted by Gasteiger charge is -2.04. The van der Waals surface area contributed by atoms with E-state index in [0.717, 1.165) is 29.2 Å². The number of non-ortho nitro benzene ring substituents is 1. The van der Waals surface area contributed by atoms with E-state index in [-0.39, 0.29) is 11.2 Å². The molecule has 122 valence electrons. The third-order valence-electron chi connectivity index (χ3n) is 2.89. The SMILES string of the molecule is CCCSCc1cc(=O)[nH]c(SCc2ccc([N+](=O)[O-])cc2)n1. The minimum Gasteiger partial charge on any atom is -0.301 e. The van der Waals surface area contributed by atoms with E-state index in [9.17, 15) is 14.9 Å². The highest BCUT2D eigenvalue weighted by Gasteiger charge is 2.06. The number of aromatic amines is 1. The second kappa shape index (κ2) is 8.73. The van der Waals surface area contributed by atoms with Crippen molar-refractivity contribution in [1.82, 2.24) is 9.97 Å². The Morgan fingerprint density at radius 2 is 2.00 bits per heavy atom. The van der Waals surface area contributed by atoms with Gasteiger partial charge in [0.05, 0.1) is 10.6 Å². The van der Waals surface area contributed by atoms with Crippen LogP contribution < -0.4 is 5.56 Å². The number of H-pyrrole nitrogens is 1. The third-order valence-corrected chi connectivity index (χ3v) is 5.04. The smallest absolute Gasteiger partial charge is 0.269 e. The summed E-state index contributed by atoms with van der Waals surface area (Å²) in [5.74, 6) is 2.36. The highest BCUT2D eigenvalue weighted by Crippen LogP contribution is 2.21. The van der Waals surface area contributed by atoms with Crippen LogP contribution in [0.3, 0.4) is 0 Å². The van der Waals surface area contributed by atoms with E-state index in [4.69, 9.17) is 0 Å². The van der Waals surface area contributed by atoms with Crippen molar-refractivity contribution < 1.29 is 4.92 Å². The topological polar surface area (TPSA) is 88.9 Å². The normalized spacial score (nSPS) is 10.7. The van der Waals surface area contributed by atoms with E-state index < -0.39 is 4.92 Å². The first-order valence-electron chi connectivity index (χ1n) is 7.12. The number of thioether (sulfide) groups is 2. The predicted molar refractivity (Wildman–Crippen MR) is 94.0 cm³/mol. The summed E-state index contributed by atoms with van der Waals surface area (Å²) in [6.45, 7) is 2.11. The highest BCUT2D eigenvalue weighted by molar-refractivity contribution is 7.98. The maximum absolute atomic E-state index is 11.7. The van der Waals surface area contributed by atoms with Gasteiger partial charge in [0.1, 0.15) is 0 Å². The molecule has 8 heteroatoms. The van der Waals surface area contributed by atoms with E-state index in [1.807, 2.05) is 0 Å². The van der Waals surface area contributed by atoms with E-state index in [1.165, 1.54) is 30.0 Å². The van der Waals surface area contributed by atoms with Crippen LogP contribution in [0.1, 0.15) is 24.6 Å². The lowest BCUT2D eigenvalue weighted by atomic mass is 10.2. The van der Waals surface area contributed by atoms with Gasteiger partial charge in [-0.15, -0.1) is 0 Å². The molecule has 0 aliphatic rings. The number of aromatic nitrogens is 2. The Kier molecular flexibility index (Phi) is 6.66. The molecule has 0 bridgehead atoms. The third kappa shape index (κ3) is 5.72. The number of rotatable bonds is 8. The first-order chi connectivity index (χ1) is 11.1. The fourth-order valence-electron chi connectivity index (χ4n) is 1.81. The Morgan fingerprint density at radius 1 is 1.26 bits per heavy atom. The highest BCUT2D eigenvalue weighted by atomic mass is 32.2. The molecule has 2 rings (SSSR count). The van der Waals surface area contributed by atoms with Crippen LogP contribution in [-0.2, 0) is 11.5 Å². The molecule has 0 unspecified atom stereocenters. The molecule has 0 aliphatic heterocycles. The van der Waals surface area contributed by atoms with Gasteiger partial charge in [-0.25, -0.2) is 4.98 Å². The molecule has 0 saturated heterocycles. The molecule has 0 atom stereocenters. The van der Waals surface area contributed by atoms with Crippen molar-refractivity contribution in [3.8, 4) is 0 Å². The lowest BCUT2D eigenvalue weighted by molar-refractivity contribution is -0.384. The van der Waals surface area contributed by atoms with Gasteiger partial charge in [-0.1, -0.05) is 30.8 Å². The van der Waals surface area contributed by atoms with Gasteiger partial charge < -0.3 is 4.98 Å². The standard InChI is InChI=1S/C15H17N3O3S2/c1-2-7-22-10-12-8-14(19)17-15(16-12)23-9-11-3-5-13(6-4-11)18(20)21/h3-6,8H,2,7,9-10H2,1H3,(H,16,17,19). The summed E-state index contributed by atoms with van der Waals surface area (Å²) in [5.41, 5.74) is 1.63. The van der Waals surface area contributed by atoms with Gasteiger partial charge in [-0.05, 0) is 17.7 Å². The van der Waals surface area contributed by atoms with Crippen LogP contribution in [0.25, 0.3) is 0 Å². The van der Waals surface area contributed by atoms with Gasteiger partial charge >= 0.3 is 0 Å². The van der Waals surface area contributed by atoms with Crippen LogP contribution in [0, 0.1) is 10.1 Å². The molecular formula is C15H17N3O3S2. The van der Waals surface area contributed by atoms with Crippen LogP contribution >= 0.6 is 23.5 Å². The van der Waals surface area contributed by atoms with Crippen molar-refractivity contribution in [1.29, 1.82) is 0 Å². The van der Waals surface area contributed by atoms with Crippen LogP contribution in [0.2, 0.25) is 0 Å². The van der Waals surface area contributed by atoms with Crippen LogP contribution in [0.15, 0.2) is 40.3 Å². The van der Waals surface area contributed by atoms with Crippen molar-refractivity contribution in [2.75, 3.05) is 5.75 Å². The number of nitrogens with zero attached hydrogens (tertiary/aromatic N) is 2. The predicted octanol–water partition coefficient (Wildman–Crippen LogP) is 3.61. The molecule has 2 aromatic rings. The molecule has 6 nitrogen and oxygen atoms in total. The first kappa shape index (κ1) is 17.6. The zero-order valence-corrected chi connectivity index (χ0v) is 14.3. The minimum absolute atomic E-state index is 0.0697. The fraction of sp³-hybridized carbons (Fsp3) is 0.333. The Morgan fingerprint density at radius 3 is 2.65 bits per heavy atom. The molecule has 0 fully saturated rings. The average Bonchev–Trinajstić information content (AvgIpc) is 2.53. The van der Waals surface area contributed by atoms with E-state index in [2.05, 4.69) is 16.9 Å². The van der Waals surface area contributed by atoms with Crippen LogP contribution in [0.5, 0.6) is 0 Å². The molecule has 0 saturated carbocycles. The molecule has 23 heavy (non-hydrogen) atoms. The zero-order valence-electron chi connectivity index (χ0n) is 12.7. The van der Waals surface area contributed by atoms with Crippen molar-refractivity contribution in [2.45, 2.75) is 30.0 Å². The summed E-state index contributed by atoms with van der Waals surface area (Å²) in [4.78, 5) is 29.0. The summed E-state index contributed by atoms with van der Waals surface area (Å²) >= 11 is 3.16. The molecule has 1 aromatic carbocycles. The van der Waals surface area contributed by atoms with Crippen LogP contribution in [0.4, 0.5) is 5.69 Å². The maximum atomic E-state index is 11.7. The van der Waals surface area contributed by atoms with E-state index >= 15 is 0 Å². The van der Waals surface area contributed by atoms with Gasteiger partial charge in [0.25, 0.3) is 11.2 Å². The number of hydrogen-bond donors (Lipinski definition) is 1. The number of nitro benzene ring substituents is 1. The molecule has 0 aliphatic carbocycles. The van der Waals surface area contributed by atoms with Gasteiger partial charge in [-0.3, -0.25) is 14.9 Å². The van der Waals surface area contributed by atoms with Gasteiger partial charge in [0.15, 0.2) is 5.16 Å². The molecule has 0 radical (unpaired) electrons. The van der Waals surface area contributed by atoms with Crippen molar-refractivity contribution in [3.63, 3.8) is 0 Å². The number of nitro groups is 1. The van der Waals surface area contributed by atoms with Gasteiger partial charge in [0, 0.05) is 29.7 Å². The molecular weight excluding hydrogens is 334 g/mol. The minimum atomic E-state index is -0.423. The van der Waals surface area contributed by atoms with E-state index in [0.29, 0.717) is 10.9 Å². The number of benzene rings is 1. The van der Waals surface area contributed by atoms with Gasteiger partial charge in [0.2, 0.25) is 0 Å². The summed E-state index contributed by atoms with van der Waals surface area (Å²) in [6, 6.07) is 7.90. The second-order valence-electron chi connectivity index (χ2n) is 4.81. The summed E-state index contributed by atoms with van der Waals surface area (Å²) in [5, 5.41) is 11.2. The first-order valence-corrected chi connectivity index (χ1v) is 9.26. The van der Waals surface area contributed by atoms with Crippen molar-refractivity contribution in [2.24, 2.45) is 0 Å².